The second-order valence-electron chi connectivity index (χ2n) is 7.68. The van der Waals surface area contributed by atoms with Gasteiger partial charge >= 0.3 is 12.6 Å². The molecule has 0 spiro atoms. The highest BCUT2D eigenvalue weighted by molar-refractivity contribution is 6.03. The van der Waals surface area contributed by atoms with Gasteiger partial charge in [0.05, 0.1) is 0 Å². The number of nitrogens with one attached hydrogen (secondary N) is 2. The lowest BCUT2D eigenvalue weighted by molar-refractivity contribution is -0.0523. The molecule has 30 heavy (non-hydrogen) atoms. The first-order chi connectivity index (χ1) is 14.4. The van der Waals surface area contributed by atoms with E-state index >= 15 is 0 Å². The van der Waals surface area contributed by atoms with Gasteiger partial charge in [0.15, 0.2) is 0 Å². The Kier molecular flexibility index (Phi) is 7.20. The molecular formula is C22H28F2N4O2. The van der Waals surface area contributed by atoms with Gasteiger partial charge in [-0.3, -0.25) is 4.90 Å². The van der Waals surface area contributed by atoms with Gasteiger partial charge in [0.2, 0.25) is 5.88 Å². The van der Waals surface area contributed by atoms with Crippen molar-refractivity contribution in [2.75, 3.05) is 23.3 Å². The van der Waals surface area contributed by atoms with Crippen LogP contribution in [-0.4, -0.2) is 36.8 Å². The Morgan fingerprint density at radius 3 is 2.57 bits per heavy atom. The molecule has 1 aliphatic rings. The number of ether oxygens (including phenoxy) is 1. The van der Waals surface area contributed by atoms with Gasteiger partial charge in [-0.2, -0.15) is 8.78 Å². The van der Waals surface area contributed by atoms with Gasteiger partial charge in [-0.25, -0.2) is 9.78 Å². The Hall–Kier alpha value is -2.74. The first-order valence-electron chi connectivity index (χ1n) is 10.2. The fraction of sp³-hybridized carbons (Fsp3) is 0.455. The SMILES string of the molecule is Cc1ccc(NC(=O)N(c2ccccc2C(C)C)C2CCNCC2)c(OC(F)F)n1. The second kappa shape index (κ2) is 9.84. The van der Waals surface area contributed by atoms with E-state index in [2.05, 4.69) is 34.2 Å². The molecule has 2 N–H and O–H groups in total. The summed E-state index contributed by atoms with van der Waals surface area (Å²) in [7, 11) is 0. The van der Waals surface area contributed by atoms with Crippen LogP contribution >= 0.6 is 0 Å². The number of benzene rings is 1. The normalized spacial score (nSPS) is 14.8. The van der Waals surface area contributed by atoms with E-state index in [1.807, 2.05) is 24.3 Å². The molecule has 1 saturated heterocycles. The van der Waals surface area contributed by atoms with Crippen molar-refractivity contribution in [1.82, 2.24) is 10.3 Å². The van der Waals surface area contributed by atoms with Crippen LogP contribution in [-0.2, 0) is 0 Å². The topological polar surface area (TPSA) is 66.5 Å². The average molecular weight is 418 g/mol. The van der Waals surface area contributed by atoms with Gasteiger partial charge in [-0.15, -0.1) is 0 Å². The van der Waals surface area contributed by atoms with E-state index in [1.165, 1.54) is 6.07 Å². The van der Waals surface area contributed by atoms with Crippen molar-refractivity contribution >= 4 is 17.4 Å². The molecule has 0 bridgehead atoms. The fourth-order valence-corrected chi connectivity index (χ4v) is 3.71. The zero-order chi connectivity index (χ0) is 21.7. The number of alkyl halides is 2. The number of amides is 2. The van der Waals surface area contributed by atoms with Crippen molar-refractivity contribution in [3.8, 4) is 5.88 Å². The van der Waals surface area contributed by atoms with Crippen molar-refractivity contribution in [3.63, 3.8) is 0 Å². The van der Waals surface area contributed by atoms with Crippen LogP contribution in [0, 0.1) is 6.92 Å². The Balaban J connectivity index is 1.96. The third kappa shape index (κ3) is 5.24. The molecule has 1 aromatic carbocycles. The number of carbonyl (C=O) groups excluding carboxylic acids is 1. The van der Waals surface area contributed by atoms with Gasteiger partial charge in [-0.1, -0.05) is 32.0 Å². The monoisotopic (exact) mass is 418 g/mol. The Morgan fingerprint density at radius 1 is 1.20 bits per heavy atom. The minimum Gasteiger partial charge on any atom is -0.415 e. The molecule has 2 heterocycles. The third-order valence-electron chi connectivity index (χ3n) is 5.15. The summed E-state index contributed by atoms with van der Waals surface area (Å²) in [6.07, 6.45) is 1.60. The molecule has 1 aliphatic heterocycles. The molecule has 3 rings (SSSR count). The number of carbonyl (C=O) groups is 1. The van der Waals surface area contributed by atoms with Gasteiger partial charge in [-0.05, 0) is 62.5 Å². The predicted molar refractivity (Wildman–Crippen MR) is 114 cm³/mol. The maximum absolute atomic E-state index is 13.4. The number of hydrogen-bond acceptors (Lipinski definition) is 4. The molecule has 0 aliphatic carbocycles. The molecule has 0 unspecified atom stereocenters. The molecule has 1 aromatic heterocycles. The van der Waals surface area contributed by atoms with Crippen LogP contribution < -0.4 is 20.3 Å². The minimum absolute atomic E-state index is 0.0102. The Labute approximate surface area is 175 Å². The van der Waals surface area contributed by atoms with E-state index in [4.69, 9.17) is 0 Å². The number of anilines is 2. The van der Waals surface area contributed by atoms with E-state index in [0.717, 1.165) is 37.2 Å². The van der Waals surface area contributed by atoms with Crippen molar-refractivity contribution in [3.05, 3.63) is 47.7 Å². The highest BCUT2D eigenvalue weighted by Crippen LogP contribution is 2.32. The Bertz CT molecular complexity index is 870. The maximum atomic E-state index is 13.4. The summed E-state index contributed by atoms with van der Waals surface area (Å²) in [5.74, 6) is -0.0715. The highest BCUT2D eigenvalue weighted by atomic mass is 19.3. The number of pyridine rings is 1. The Morgan fingerprint density at radius 2 is 1.90 bits per heavy atom. The quantitative estimate of drug-likeness (QED) is 0.700. The summed E-state index contributed by atoms with van der Waals surface area (Å²) >= 11 is 0. The summed E-state index contributed by atoms with van der Waals surface area (Å²) < 4.78 is 30.2. The van der Waals surface area contributed by atoms with Crippen LogP contribution in [0.15, 0.2) is 36.4 Å². The first-order valence-corrected chi connectivity index (χ1v) is 10.2. The summed E-state index contributed by atoms with van der Waals surface area (Å²) in [5, 5.41) is 6.06. The first kappa shape index (κ1) is 22.0. The van der Waals surface area contributed by atoms with Crippen molar-refractivity contribution in [2.24, 2.45) is 0 Å². The van der Waals surface area contributed by atoms with E-state index in [1.54, 1.807) is 17.9 Å². The van der Waals surface area contributed by atoms with E-state index in [-0.39, 0.29) is 29.6 Å². The number of hydrogen-bond donors (Lipinski definition) is 2. The number of para-hydroxylation sites is 1. The summed E-state index contributed by atoms with van der Waals surface area (Å²) in [6, 6.07) is 10.6. The number of rotatable bonds is 6. The van der Waals surface area contributed by atoms with E-state index in [0.29, 0.717) is 5.69 Å². The summed E-state index contributed by atoms with van der Waals surface area (Å²) in [4.78, 5) is 19.2. The lowest BCUT2D eigenvalue weighted by Gasteiger charge is -2.36. The standard InChI is InChI=1S/C22H28F2N4O2/c1-14(2)17-6-4-5-7-19(17)28(16-10-12-25-13-11-16)22(29)27-18-9-8-15(3)26-20(18)30-21(23)24/h4-9,14,16,21,25H,10-13H2,1-3H3,(H,27,29). The lowest BCUT2D eigenvalue weighted by Crippen LogP contribution is -2.48. The molecule has 6 nitrogen and oxygen atoms in total. The predicted octanol–water partition coefficient (Wildman–Crippen LogP) is 4.91. The molecule has 0 atom stereocenters. The second-order valence-corrected chi connectivity index (χ2v) is 7.68. The van der Waals surface area contributed by atoms with Crippen LogP contribution in [0.1, 0.15) is 43.9 Å². The maximum Gasteiger partial charge on any atom is 0.388 e. The van der Waals surface area contributed by atoms with E-state index < -0.39 is 6.61 Å². The van der Waals surface area contributed by atoms with Crippen molar-refractivity contribution < 1.29 is 18.3 Å². The summed E-state index contributed by atoms with van der Waals surface area (Å²) in [6.45, 7) is 4.42. The molecular weight excluding hydrogens is 390 g/mol. The van der Waals surface area contributed by atoms with Gasteiger partial charge in [0.25, 0.3) is 0 Å². The summed E-state index contributed by atoms with van der Waals surface area (Å²) in [5.41, 5.74) is 2.52. The van der Waals surface area contributed by atoms with E-state index in [9.17, 15) is 13.6 Å². The molecule has 2 aromatic rings. The number of aromatic nitrogens is 1. The van der Waals surface area contributed by atoms with Crippen LogP contribution in [0.3, 0.4) is 0 Å². The van der Waals surface area contributed by atoms with Crippen molar-refractivity contribution in [2.45, 2.75) is 52.2 Å². The van der Waals surface area contributed by atoms with Crippen molar-refractivity contribution in [1.29, 1.82) is 0 Å². The average Bonchev–Trinajstić information content (AvgIpc) is 2.71. The highest BCUT2D eigenvalue weighted by Gasteiger charge is 2.29. The molecule has 0 saturated carbocycles. The zero-order valence-corrected chi connectivity index (χ0v) is 17.5. The lowest BCUT2D eigenvalue weighted by atomic mass is 9.97. The van der Waals surface area contributed by atoms with Gasteiger partial charge in [0, 0.05) is 17.4 Å². The molecule has 1 fully saturated rings. The van der Waals surface area contributed by atoms with Gasteiger partial charge in [0.1, 0.15) is 5.69 Å². The zero-order valence-electron chi connectivity index (χ0n) is 17.5. The largest absolute Gasteiger partial charge is 0.415 e. The number of aryl methyl sites for hydroxylation is 1. The van der Waals surface area contributed by atoms with Gasteiger partial charge < -0.3 is 15.4 Å². The number of nitrogens with zero attached hydrogens (tertiary/aromatic N) is 2. The number of piperidine rings is 1. The molecule has 8 heteroatoms. The van der Waals surface area contributed by atoms with Crippen LogP contribution in [0.4, 0.5) is 25.0 Å². The molecule has 0 radical (unpaired) electrons. The molecule has 162 valence electrons. The number of urea groups is 1. The van der Waals surface area contributed by atoms with Crippen LogP contribution in [0.25, 0.3) is 0 Å². The molecule has 2 amide bonds. The minimum atomic E-state index is -3.03. The smallest absolute Gasteiger partial charge is 0.388 e. The third-order valence-corrected chi connectivity index (χ3v) is 5.15. The van der Waals surface area contributed by atoms with Crippen LogP contribution in [0.2, 0.25) is 0 Å². The van der Waals surface area contributed by atoms with Crippen LogP contribution in [0.5, 0.6) is 5.88 Å². The number of halogens is 2. The fourth-order valence-electron chi connectivity index (χ4n) is 3.71.